The average molecular weight is 411 g/mol. The van der Waals surface area contributed by atoms with Gasteiger partial charge in [-0.25, -0.2) is 9.59 Å². The number of amides is 1. The van der Waals surface area contributed by atoms with Gasteiger partial charge in [-0.2, -0.15) is 0 Å². The van der Waals surface area contributed by atoms with Crippen molar-refractivity contribution in [2.45, 2.75) is 38.6 Å². The first-order valence-corrected chi connectivity index (χ1v) is 9.90. The lowest BCUT2D eigenvalue weighted by molar-refractivity contribution is -0.159. The molecule has 154 valence electrons. The standard InChI is InChI=1S/C18H25ClN2O.C2H2O4/c1-14-4-2-7-17(12-14)20-8-10-21(11-9-20)18(22)15-5-3-6-16(19)13-15;3-1(4)2(5)6/h3,5-6,13-14,17H,2,4,7-12H2,1H3;(H,3,4)(H,5,6). The van der Waals surface area contributed by atoms with Crippen LogP contribution in [-0.2, 0) is 9.59 Å². The van der Waals surface area contributed by atoms with Crippen LogP contribution in [0.2, 0.25) is 5.02 Å². The van der Waals surface area contributed by atoms with Crippen LogP contribution in [0, 0.1) is 5.92 Å². The van der Waals surface area contributed by atoms with Gasteiger partial charge in [-0.05, 0) is 37.0 Å². The zero-order valence-corrected chi connectivity index (χ0v) is 16.8. The Morgan fingerprint density at radius 1 is 1.04 bits per heavy atom. The van der Waals surface area contributed by atoms with Gasteiger partial charge in [-0.1, -0.05) is 37.4 Å². The van der Waals surface area contributed by atoms with Gasteiger partial charge in [0.1, 0.15) is 0 Å². The number of nitrogens with zero attached hydrogens (tertiary/aromatic N) is 2. The molecule has 0 bridgehead atoms. The Morgan fingerprint density at radius 2 is 1.68 bits per heavy atom. The van der Waals surface area contributed by atoms with Gasteiger partial charge in [0.25, 0.3) is 5.91 Å². The predicted molar refractivity (Wildman–Crippen MR) is 106 cm³/mol. The number of rotatable bonds is 2. The lowest BCUT2D eigenvalue weighted by atomic mass is 9.86. The molecule has 2 atom stereocenters. The largest absolute Gasteiger partial charge is 0.473 e. The molecule has 1 aliphatic heterocycles. The Kier molecular flexibility index (Phi) is 8.26. The molecule has 28 heavy (non-hydrogen) atoms. The Balaban J connectivity index is 0.000000409. The second-order valence-electron chi connectivity index (χ2n) is 7.37. The molecule has 1 amide bonds. The number of halogens is 1. The van der Waals surface area contributed by atoms with Crippen molar-refractivity contribution in [1.29, 1.82) is 0 Å². The van der Waals surface area contributed by atoms with Gasteiger partial charge < -0.3 is 15.1 Å². The molecule has 1 saturated carbocycles. The van der Waals surface area contributed by atoms with E-state index in [0.717, 1.165) is 38.1 Å². The van der Waals surface area contributed by atoms with Gasteiger partial charge >= 0.3 is 11.9 Å². The van der Waals surface area contributed by atoms with Crippen molar-refractivity contribution in [2.24, 2.45) is 5.92 Å². The van der Waals surface area contributed by atoms with Crippen molar-refractivity contribution in [3.05, 3.63) is 34.9 Å². The Bertz CT molecular complexity index is 692. The minimum Gasteiger partial charge on any atom is -0.473 e. The highest BCUT2D eigenvalue weighted by Gasteiger charge is 2.29. The third-order valence-corrected chi connectivity index (χ3v) is 5.52. The summed E-state index contributed by atoms with van der Waals surface area (Å²) in [5.41, 5.74) is 0.701. The summed E-state index contributed by atoms with van der Waals surface area (Å²) in [4.78, 5) is 35.3. The number of hydrogen-bond acceptors (Lipinski definition) is 4. The summed E-state index contributed by atoms with van der Waals surface area (Å²) in [5, 5.41) is 15.4. The molecule has 0 spiro atoms. The number of carboxylic acids is 2. The molecule has 0 radical (unpaired) electrons. The van der Waals surface area contributed by atoms with Crippen molar-refractivity contribution >= 4 is 29.4 Å². The molecule has 0 aromatic heterocycles. The van der Waals surface area contributed by atoms with Gasteiger partial charge in [0.15, 0.2) is 0 Å². The van der Waals surface area contributed by atoms with Gasteiger partial charge in [-0.3, -0.25) is 9.69 Å². The maximum absolute atomic E-state index is 12.5. The zero-order valence-electron chi connectivity index (χ0n) is 16.0. The fraction of sp³-hybridized carbons (Fsp3) is 0.550. The summed E-state index contributed by atoms with van der Waals surface area (Å²) in [5.74, 6) is -2.69. The van der Waals surface area contributed by atoms with Gasteiger partial charge in [0.05, 0.1) is 0 Å². The van der Waals surface area contributed by atoms with Crippen LogP contribution < -0.4 is 0 Å². The van der Waals surface area contributed by atoms with E-state index in [1.54, 1.807) is 12.1 Å². The van der Waals surface area contributed by atoms with Crippen LogP contribution in [0.5, 0.6) is 0 Å². The minimum atomic E-state index is -1.82. The summed E-state index contributed by atoms with van der Waals surface area (Å²) >= 11 is 5.99. The number of carboxylic acid groups (broad SMARTS) is 2. The number of aliphatic carboxylic acids is 2. The molecule has 2 N–H and O–H groups in total. The Labute approximate surface area is 169 Å². The maximum Gasteiger partial charge on any atom is 0.414 e. The lowest BCUT2D eigenvalue weighted by Crippen LogP contribution is -2.52. The number of carbonyl (C=O) groups excluding carboxylic acids is 1. The summed E-state index contributed by atoms with van der Waals surface area (Å²) in [6.07, 6.45) is 5.38. The van der Waals surface area contributed by atoms with E-state index in [2.05, 4.69) is 11.8 Å². The maximum atomic E-state index is 12.5. The third-order valence-electron chi connectivity index (χ3n) is 5.28. The molecule has 1 aliphatic carbocycles. The van der Waals surface area contributed by atoms with Crippen LogP contribution in [0.4, 0.5) is 0 Å². The van der Waals surface area contributed by atoms with Crippen LogP contribution in [0.3, 0.4) is 0 Å². The molecular formula is C20H27ClN2O5. The van der Waals surface area contributed by atoms with Crippen molar-refractivity contribution < 1.29 is 24.6 Å². The predicted octanol–water partition coefficient (Wildman–Crippen LogP) is 2.83. The van der Waals surface area contributed by atoms with Crippen LogP contribution >= 0.6 is 11.6 Å². The quantitative estimate of drug-likeness (QED) is 0.727. The van der Waals surface area contributed by atoms with Crippen molar-refractivity contribution in [3.63, 3.8) is 0 Å². The van der Waals surface area contributed by atoms with E-state index in [1.165, 1.54) is 25.7 Å². The smallest absolute Gasteiger partial charge is 0.414 e. The highest BCUT2D eigenvalue weighted by Crippen LogP contribution is 2.28. The van der Waals surface area contributed by atoms with Crippen LogP contribution in [0.25, 0.3) is 0 Å². The molecule has 1 saturated heterocycles. The van der Waals surface area contributed by atoms with E-state index in [9.17, 15) is 4.79 Å². The number of carbonyl (C=O) groups is 3. The number of benzene rings is 1. The number of hydrogen-bond donors (Lipinski definition) is 2. The SMILES string of the molecule is CC1CCCC(N2CCN(C(=O)c3cccc(Cl)c3)CC2)C1.O=C(O)C(=O)O. The normalized spacial score (nSPS) is 22.7. The second-order valence-corrected chi connectivity index (χ2v) is 7.81. The minimum absolute atomic E-state index is 0.110. The summed E-state index contributed by atoms with van der Waals surface area (Å²) in [6.45, 7) is 6.03. The van der Waals surface area contributed by atoms with E-state index < -0.39 is 11.9 Å². The van der Waals surface area contributed by atoms with E-state index in [4.69, 9.17) is 31.4 Å². The van der Waals surface area contributed by atoms with Crippen molar-refractivity contribution in [3.8, 4) is 0 Å². The Hall–Kier alpha value is -2.12. The summed E-state index contributed by atoms with van der Waals surface area (Å²) in [6, 6.07) is 7.99. The van der Waals surface area contributed by atoms with E-state index in [0.29, 0.717) is 10.6 Å². The van der Waals surface area contributed by atoms with Crippen LogP contribution in [0.15, 0.2) is 24.3 Å². The topological polar surface area (TPSA) is 98.2 Å². The van der Waals surface area contributed by atoms with Gasteiger partial charge in [-0.15, -0.1) is 0 Å². The molecule has 3 rings (SSSR count). The molecule has 7 nitrogen and oxygen atoms in total. The average Bonchev–Trinajstić information content (AvgIpc) is 2.68. The number of piperazine rings is 1. The van der Waals surface area contributed by atoms with E-state index in [1.807, 2.05) is 17.0 Å². The molecular weight excluding hydrogens is 384 g/mol. The summed E-state index contributed by atoms with van der Waals surface area (Å²) in [7, 11) is 0. The zero-order chi connectivity index (χ0) is 20.7. The second kappa shape index (κ2) is 10.4. The highest BCUT2D eigenvalue weighted by atomic mass is 35.5. The van der Waals surface area contributed by atoms with E-state index >= 15 is 0 Å². The lowest BCUT2D eigenvalue weighted by Gasteiger charge is -2.42. The fourth-order valence-corrected chi connectivity index (χ4v) is 4.02. The Morgan fingerprint density at radius 3 is 2.21 bits per heavy atom. The first kappa shape index (κ1) is 22.2. The first-order chi connectivity index (χ1) is 13.3. The highest BCUT2D eigenvalue weighted by molar-refractivity contribution is 6.31. The van der Waals surface area contributed by atoms with Gasteiger partial charge in [0.2, 0.25) is 0 Å². The molecule has 2 unspecified atom stereocenters. The molecule has 1 aromatic rings. The first-order valence-electron chi connectivity index (χ1n) is 9.53. The summed E-state index contributed by atoms with van der Waals surface area (Å²) < 4.78 is 0. The van der Waals surface area contributed by atoms with Crippen LogP contribution in [0.1, 0.15) is 43.0 Å². The molecule has 1 aromatic carbocycles. The fourth-order valence-electron chi connectivity index (χ4n) is 3.83. The monoisotopic (exact) mass is 410 g/mol. The van der Waals surface area contributed by atoms with E-state index in [-0.39, 0.29) is 5.91 Å². The van der Waals surface area contributed by atoms with Crippen molar-refractivity contribution in [2.75, 3.05) is 26.2 Å². The van der Waals surface area contributed by atoms with Crippen LogP contribution in [-0.4, -0.2) is 70.1 Å². The van der Waals surface area contributed by atoms with Gasteiger partial charge in [0, 0.05) is 42.8 Å². The molecule has 8 heteroatoms. The molecule has 2 fully saturated rings. The third kappa shape index (κ3) is 6.49. The molecule has 2 aliphatic rings. The molecule has 1 heterocycles. The van der Waals surface area contributed by atoms with Crippen molar-refractivity contribution in [1.82, 2.24) is 9.80 Å².